The average Bonchev–Trinajstić information content (AvgIpc) is 2.22. The molecule has 0 aromatic heterocycles. The van der Waals surface area contributed by atoms with Crippen LogP contribution in [-0.2, 0) is 6.42 Å². The van der Waals surface area contributed by atoms with E-state index in [0.29, 0.717) is 18.4 Å². The van der Waals surface area contributed by atoms with Crippen LogP contribution in [0.4, 0.5) is 0 Å². The van der Waals surface area contributed by atoms with Gasteiger partial charge in [-0.15, -0.1) is 0 Å². The lowest BCUT2D eigenvalue weighted by Gasteiger charge is -2.29. The maximum absolute atomic E-state index is 9.60. The summed E-state index contributed by atoms with van der Waals surface area (Å²) in [4.78, 5) is 0. The van der Waals surface area contributed by atoms with Gasteiger partial charge < -0.3 is 9.84 Å². The van der Waals surface area contributed by atoms with Crippen LogP contribution < -0.4 is 4.74 Å². The molecule has 1 aliphatic rings. The molecule has 0 unspecified atom stereocenters. The molecule has 88 valence electrons. The van der Waals surface area contributed by atoms with Crippen molar-refractivity contribution >= 4 is 58.0 Å². The summed E-state index contributed by atoms with van der Waals surface area (Å²) in [5.41, 5.74) is 0.561. The Balaban J connectivity index is 2.65. The summed E-state index contributed by atoms with van der Waals surface area (Å²) in [5, 5.41) is 9.71. The van der Waals surface area contributed by atoms with Gasteiger partial charge in [-0.2, -0.15) is 0 Å². The summed E-state index contributed by atoms with van der Waals surface area (Å²) < 4.78 is 3.94. The average molecular weight is 322 g/mol. The molecule has 7 heteroatoms. The van der Waals surface area contributed by atoms with Crippen LogP contribution in [0.3, 0.4) is 0 Å². The molecule has 0 saturated heterocycles. The zero-order valence-electron chi connectivity index (χ0n) is 7.66. The first-order valence-electron chi connectivity index (χ1n) is 4.28. The Labute approximate surface area is 117 Å². The van der Waals surface area contributed by atoms with Crippen molar-refractivity contribution in [3.05, 3.63) is 20.6 Å². The number of hydrogen-bond acceptors (Lipinski definition) is 2. The topological polar surface area (TPSA) is 29.5 Å². The highest BCUT2D eigenvalue weighted by atomic mass is 35.5. The number of ether oxygens (including phenoxy) is 1. The van der Waals surface area contributed by atoms with E-state index in [-0.39, 0.29) is 26.6 Å². The zero-order chi connectivity index (χ0) is 12.1. The van der Waals surface area contributed by atoms with Crippen LogP contribution in [0.5, 0.6) is 11.5 Å². The maximum Gasteiger partial charge on any atom is 0.258 e. The molecule has 0 atom stereocenters. The molecule has 1 N–H and O–H groups in total. The lowest BCUT2D eigenvalue weighted by molar-refractivity contribution is 0.211. The lowest BCUT2D eigenvalue weighted by Crippen LogP contribution is -2.27. The Hall–Kier alpha value is 0.270. The van der Waals surface area contributed by atoms with Crippen molar-refractivity contribution in [2.45, 2.75) is 17.4 Å². The number of fused-ring (bicyclic) bond motifs is 1. The molecule has 1 aliphatic heterocycles. The molecule has 1 aromatic rings. The van der Waals surface area contributed by atoms with E-state index in [1.807, 2.05) is 0 Å². The lowest BCUT2D eigenvalue weighted by atomic mass is 10.1. The fourth-order valence-corrected chi connectivity index (χ4v) is 2.56. The van der Waals surface area contributed by atoms with Gasteiger partial charge >= 0.3 is 0 Å². The van der Waals surface area contributed by atoms with Crippen molar-refractivity contribution in [1.29, 1.82) is 0 Å². The fourth-order valence-electron chi connectivity index (χ4n) is 1.48. The predicted octanol–water partition coefficient (Wildman–Crippen LogP) is 4.81. The van der Waals surface area contributed by atoms with E-state index in [0.717, 1.165) is 0 Å². The van der Waals surface area contributed by atoms with E-state index in [2.05, 4.69) is 0 Å². The van der Waals surface area contributed by atoms with E-state index in [1.54, 1.807) is 0 Å². The molecule has 2 nitrogen and oxygen atoms in total. The van der Waals surface area contributed by atoms with Crippen LogP contribution in [0, 0.1) is 0 Å². The molecule has 16 heavy (non-hydrogen) atoms. The van der Waals surface area contributed by atoms with Crippen LogP contribution in [0.25, 0.3) is 0 Å². The Morgan fingerprint density at radius 3 is 2.31 bits per heavy atom. The number of phenols is 1. The van der Waals surface area contributed by atoms with Gasteiger partial charge in [0.1, 0.15) is 15.8 Å². The van der Waals surface area contributed by atoms with Crippen LogP contribution in [0.1, 0.15) is 12.0 Å². The minimum atomic E-state index is -1.35. The SMILES string of the molecule is Oc1c(Cl)c(Cl)c2c(c1Cl)CCC(Cl)(Cl)O2. The minimum absolute atomic E-state index is 0.0592. The molecule has 0 saturated carbocycles. The standard InChI is InChI=1S/C9H5Cl5O2/c10-4-3-1-2-9(13,14)16-8(3)6(12)5(11)7(4)15/h15H,1-2H2. The molecule has 1 aromatic carbocycles. The summed E-state index contributed by atoms with van der Waals surface area (Å²) in [7, 11) is 0. The quantitative estimate of drug-likeness (QED) is 0.549. The van der Waals surface area contributed by atoms with E-state index >= 15 is 0 Å². The van der Waals surface area contributed by atoms with Gasteiger partial charge in [-0.1, -0.05) is 58.0 Å². The first-order valence-corrected chi connectivity index (χ1v) is 6.17. The molecular formula is C9H5Cl5O2. The molecule has 0 amide bonds. The van der Waals surface area contributed by atoms with Gasteiger partial charge in [0.2, 0.25) is 0 Å². The normalized spacial score (nSPS) is 17.8. The number of halogens is 5. The number of hydrogen-bond donors (Lipinski definition) is 1. The zero-order valence-corrected chi connectivity index (χ0v) is 11.4. The van der Waals surface area contributed by atoms with Gasteiger partial charge in [0.15, 0.2) is 5.75 Å². The summed E-state index contributed by atoms with van der Waals surface area (Å²) in [6, 6.07) is 0. The second-order valence-corrected chi connectivity index (χ2v) is 5.89. The van der Waals surface area contributed by atoms with Gasteiger partial charge in [0.05, 0.1) is 5.02 Å². The molecule has 0 fully saturated rings. The Morgan fingerprint density at radius 2 is 1.69 bits per heavy atom. The van der Waals surface area contributed by atoms with Crippen molar-refractivity contribution in [3.63, 3.8) is 0 Å². The second-order valence-electron chi connectivity index (χ2n) is 3.34. The van der Waals surface area contributed by atoms with Crippen molar-refractivity contribution in [3.8, 4) is 11.5 Å². The highest BCUT2D eigenvalue weighted by Gasteiger charge is 2.36. The number of rotatable bonds is 0. The van der Waals surface area contributed by atoms with E-state index < -0.39 is 4.52 Å². The highest BCUT2D eigenvalue weighted by Crippen LogP contribution is 2.51. The van der Waals surface area contributed by atoms with Crippen LogP contribution in [0.2, 0.25) is 15.1 Å². The number of phenolic OH excluding ortho intramolecular Hbond substituents is 1. The summed E-state index contributed by atoms with van der Waals surface area (Å²) in [6.07, 6.45) is 0.797. The minimum Gasteiger partial charge on any atom is -0.505 e. The van der Waals surface area contributed by atoms with Crippen molar-refractivity contribution in [2.75, 3.05) is 0 Å². The largest absolute Gasteiger partial charge is 0.505 e. The smallest absolute Gasteiger partial charge is 0.258 e. The number of alkyl halides is 2. The molecule has 0 bridgehead atoms. The predicted molar refractivity (Wildman–Crippen MR) is 66.5 cm³/mol. The molecular weight excluding hydrogens is 317 g/mol. The van der Waals surface area contributed by atoms with Crippen LogP contribution >= 0.6 is 58.0 Å². The summed E-state index contributed by atoms with van der Waals surface area (Å²) in [6.45, 7) is 0. The van der Waals surface area contributed by atoms with Crippen molar-refractivity contribution < 1.29 is 9.84 Å². The van der Waals surface area contributed by atoms with Gasteiger partial charge in [-0.05, 0) is 6.42 Å². The Bertz CT molecular complexity index is 458. The first kappa shape index (κ1) is 12.7. The molecule has 0 aliphatic carbocycles. The third kappa shape index (κ3) is 2.02. The van der Waals surface area contributed by atoms with Crippen LogP contribution in [0.15, 0.2) is 0 Å². The van der Waals surface area contributed by atoms with E-state index in [1.165, 1.54) is 0 Å². The number of aromatic hydroxyl groups is 1. The molecule has 2 rings (SSSR count). The van der Waals surface area contributed by atoms with Gasteiger partial charge in [0, 0.05) is 12.0 Å². The fraction of sp³-hybridized carbons (Fsp3) is 0.333. The Kier molecular flexibility index (Phi) is 3.32. The summed E-state index contributed by atoms with van der Waals surface area (Å²) >= 11 is 29.3. The van der Waals surface area contributed by atoms with Gasteiger partial charge in [0.25, 0.3) is 4.52 Å². The van der Waals surface area contributed by atoms with E-state index in [4.69, 9.17) is 62.7 Å². The monoisotopic (exact) mass is 320 g/mol. The number of benzene rings is 1. The summed E-state index contributed by atoms with van der Waals surface area (Å²) in [5.74, 6) is -0.0296. The Morgan fingerprint density at radius 1 is 1.06 bits per heavy atom. The van der Waals surface area contributed by atoms with E-state index in [9.17, 15) is 5.11 Å². The van der Waals surface area contributed by atoms with Gasteiger partial charge in [-0.25, -0.2) is 0 Å². The first-order chi connectivity index (χ1) is 7.33. The second kappa shape index (κ2) is 4.18. The molecule has 0 spiro atoms. The third-order valence-electron chi connectivity index (χ3n) is 2.26. The van der Waals surface area contributed by atoms with Crippen molar-refractivity contribution in [1.82, 2.24) is 0 Å². The van der Waals surface area contributed by atoms with Gasteiger partial charge in [-0.3, -0.25) is 0 Å². The van der Waals surface area contributed by atoms with Crippen LogP contribution in [-0.4, -0.2) is 9.63 Å². The highest BCUT2D eigenvalue weighted by molar-refractivity contribution is 6.48. The molecule has 0 radical (unpaired) electrons. The molecule has 1 heterocycles. The third-order valence-corrected chi connectivity index (χ3v) is 4.03. The van der Waals surface area contributed by atoms with Crippen molar-refractivity contribution in [2.24, 2.45) is 0 Å². The maximum atomic E-state index is 9.60.